The molecule has 17 heavy (non-hydrogen) atoms. The predicted molar refractivity (Wildman–Crippen MR) is 69.5 cm³/mol. The number of benzene rings is 1. The lowest BCUT2D eigenvalue weighted by Crippen LogP contribution is -2.21. The van der Waals surface area contributed by atoms with E-state index in [0.717, 1.165) is 38.5 Å². The highest BCUT2D eigenvalue weighted by molar-refractivity contribution is 7.92. The lowest BCUT2D eigenvalue weighted by Gasteiger charge is -2.16. The molecular weight excluding hydrogens is 234 g/mol. The monoisotopic (exact) mass is 253 g/mol. The molecule has 3 nitrogen and oxygen atoms in total. The lowest BCUT2D eigenvalue weighted by molar-refractivity contribution is 0.563. The molecule has 0 amide bonds. The van der Waals surface area contributed by atoms with Crippen molar-refractivity contribution in [2.45, 2.75) is 48.7 Å². The van der Waals surface area contributed by atoms with E-state index in [2.05, 4.69) is 0 Å². The Bertz CT molecular complexity index is 474. The third-order valence-corrected chi connectivity index (χ3v) is 5.80. The van der Waals surface area contributed by atoms with Crippen LogP contribution in [-0.2, 0) is 9.84 Å². The number of anilines is 1. The van der Waals surface area contributed by atoms with Gasteiger partial charge < -0.3 is 5.73 Å². The first-order chi connectivity index (χ1) is 8.12. The molecule has 0 aliphatic heterocycles. The number of nitrogens with two attached hydrogens (primary N) is 1. The minimum absolute atomic E-state index is 0.241. The fraction of sp³-hybridized carbons (Fsp3) is 0.538. The smallest absolute Gasteiger partial charge is 0.183 e. The highest BCUT2D eigenvalue weighted by Gasteiger charge is 2.29. The SMILES string of the molecule is Nc1ccccc1S(=O)(=O)C1CCCCCC1. The summed E-state index contributed by atoms with van der Waals surface area (Å²) in [6, 6.07) is 6.78. The van der Waals surface area contributed by atoms with Gasteiger partial charge in [0.15, 0.2) is 9.84 Å². The van der Waals surface area contributed by atoms with E-state index in [4.69, 9.17) is 5.73 Å². The van der Waals surface area contributed by atoms with Crippen LogP contribution < -0.4 is 5.73 Å². The third-order valence-electron chi connectivity index (χ3n) is 3.47. The van der Waals surface area contributed by atoms with Gasteiger partial charge in [0.1, 0.15) is 0 Å². The maximum atomic E-state index is 12.5. The molecule has 0 atom stereocenters. The summed E-state index contributed by atoms with van der Waals surface area (Å²) in [7, 11) is -3.24. The van der Waals surface area contributed by atoms with Crippen LogP contribution in [0.25, 0.3) is 0 Å². The van der Waals surface area contributed by atoms with Gasteiger partial charge in [-0.15, -0.1) is 0 Å². The van der Waals surface area contributed by atoms with Crippen molar-refractivity contribution in [2.75, 3.05) is 5.73 Å². The van der Waals surface area contributed by atoms with Gasteiger partial charge in [-0.25, -0.2) is 8.42 Å². The summed E-state index contributed by atoms with van der Waals surface area (Å²) < 4.78 is 25.0. The van der Waals surface area contributed by atoms with Crippen LogP contribution in [0, 0.1) is 0 Å². The van der Waals surface area contributed by atoms with Crippen LogP contribution in [-0.4, -0.2) is 13.7 Å². The highest BCUT2D eigenvalue weighted by Crippen LogP contribution is 2.30. The molecule has 2 rings (SSSR count). The lowest BCUT2D eigenvalue weighted by atomic mass is 10.2. The Balaban J connectivity index is 2.32. The van der Waals surface area contributed by atoms with Crippen LogP contribution in [0.4, 0.5) is 5.69 Å². The van der Waals surface area contributed by atoms with Crippen molar-refractivity contribution in [3.63, 3.8) is 0 Å². The normalized spacial score (nSPS) is 18.8. The summed E-state index contributed by atoms with van der Waals surface area (Å²) in [4.78, 5) is 0.312. The summed E-state index contributed by atoms with van der Waals surface area (Å²) in [5.74, 6) is 0. The van der Waals surface area contributed by atoms with Crippen molar-refractivity contribution in [3.8, 4) is 0 Å². The van der Waals surface area contributed by atoms with Crippen LogP contribution in [0.15, 0.2) is 29.2 Å². The Labute approximate surface area is 103 Å². The van der Waals surface area contributed by atoms with Crippen LogP contribution in [0.1, 0.15) is 38.5 Å². The van der Waals surface area contributed by atoms with Gasteiger partial charge in [0, 0.05) is 0 Å². The van der Waals surface area contributed by atoms with E-state index in [1.807, 2.05) is 0 Å². The first-order valence-electron chi connectivity index (χ1n) is 6.21. The number of para-hydroxylation sites is 1. The van der Waals surface area contributed by atoms with Gasteiger partial charge in [0.2, 0.25) is 0 Å². The molecule has 1 aliphatic carbocycles. The Kier molecular flexibility index (Phi) is 3.72. The number of nitrogen functional groups attached to an aromatic ring is 1. The molecule has 0 unspecified atom stereocenters. The molecule has 0 heterocycles. The zero-order chi connectivity index (χ0) is 12.3. The van der Waals surface area contributed by atoms with Gasteiger partial charge in [-0.1, -0.05) is 37.8 Å². The van der Waals surface area contributed by atoms with Crippen molar-refractivity contribution in [3.05, 3.63) is 24.3 Å². The van der Waals surface area contributed by atoms with Crippen molar-refractivity contribution >= 4 is 15.5 Å². The second kappa shape index (κ2) is 5.08. The zero-order valence-electron chi connectivity index (χ0n) is 9.93. The summed E-state index contributed by atoms with van der Waals surface area (Å²) in [6.45, 7) is 0. The van der Waals surface area contributed by atoms with Crippen LogP contribution in [0.5, 0.6) is 0 Å². The third kappa shape index (κ3) is 2.63. The Hall–Kier alpha value is -1.03. The Morgan fingerprint density at radius 3 is 2.18 bits per heavy atom. The standard InChI is InChI=1S/C13H19NO2S/c14-12-9-5-6-10-13(12)17(15,16)11-7-3-1-2-4-8-11/h5-6,9-11H,1-4,7-8,14H2. The van der Waals surface area contributed by atoms with Crippen molar-refractivity contribution < 1.29 is 8.42 Å². The van der Waals surface area contributed by atoms with Gasteiger partial charge >= 0.3 is 0 Å². The van der Waals surface area contributed by atoms with Gasteiger partial charge in [-0.2, -0.15) is 0 Å². The van der Waals surface area contributed by atoms with Crippen molar-refractivity contribution in [2.24, 2.45) is 0 Å². The molecule has 94 valence electrons. The molecule has 0 aromatic heterocycles. The minimum Gasteiger partial charge on any atom is -0.398 e. The van der Waals surface area contributed by atoms with Crippen molar-refractivity contribution in [1.82, 2.24) is 0 Å². The predicted octanol–water partition coefficient (Wildman–Crippen LogP) is 2.77. The average molecular weight is 253 g/mol. The molecule has 0 saturated heterocycles. The van der Waals surface area contributed by atoms with E-state index >= 15 is 0 Å². The molecule has 0 radical (unpaired) electrons. The number of rotatable bonds is 2. The number of hydrogen-bond donors (Lipinski definition) is 1. The largest absolute Gasteiger partial charge is 0.398 e. The maximum Gasteiger partial charge on any atom is 0.183 e. The average Bonchev–Trinajstić information content (AvgIpc) is 2.58. The van der Waals surface area contributed by atoms with Crippen molar-refractivity contribution in [1.29, 1.82) is 0 Å². The van der Waals surface area contributed by atoms with Crippen LogP contribution >= 0.6 is 0 Å². The summed E-state index contributed by atoms with van der Waals surface area (Å²) in [5.41, 5.74) is 6.15. The molecule has 2 N–H and O–H groups in total. The minimum atomic E-state index is -3.24. The topological polar surface area (TPSA) is 60.2 Å². The highest BCUT2D eigenvalue weighted by atomic mass is 32.2. The summed E-state index contributed by atoms with van der Waals surface area (Å²) in [5, 5.41) is -0.241. The number of sulfone groups is 1. The Morgan fingerprint density at radius 2 is 1.59 bits per heavy atom. The summed E-state index contributed by atoms with van der Waals surface area (Å²) >= 11 is 0. The quantitative estimate of drug-likeness (QED) is 0.651. The van der Waals surface area contributed by atoms with E-state index in [9.17, 15) is 8.42 Å². The number of hydrogen-bond acceptors (Lipinski definition) is 3. The van der Waals surface area contributed by atoms with Gasteiger partial charge in [-0.05, 0) is 25.0 Å². The molecule has 4 heteroatoms. The van der Waals surface area contributed by atoms with E-state index in [1.165, 1.54) is 0 Å². The van der Waals surface area contributed by atoms with E-state index in [-0.39, 0.29) is 5.25 Å². The molecule has 1 aliphatic rings. The van der Waals surface area contributed by atoms with E-state index in [0.29, 0.717) is 10.6 Å². The van der Waals surface area contributed by atoms with Gasteiger partial charge in [0.05, 0.1) is 15.8 Å². The molecule has 1 aromatic carbocycles. The first-order valence-corrected chi connectivity index (χ1v) is 7.75. The fourth-order valence-electron chi connectivity index (χ4n) is 2.47. The molecule has 0 spiro atoms. The van der Waals surface area contributed by atoms with Gasteiger partial charge in [0.25, 0.3) is 0 Å². The van der Waals surface area contributed by atoms with Crippen LogP contribution in [0.3, 0.4) is 0 Å². The molecule has 0 bridgehead atoms. The second-order valence-corrected chi connectivity index (χ2v) is 6.89. The van der Waals surface area contributed by atoms with Crippen LogP contribution in [0.2, 0.25) is 0 Å². The molecule has 1 saturated carbocycles. The second-order valence-electron chi connectivity index (χ2n) is 4.70. The fourth-order valence-corrected chi connectivity index (χ4v) is 4.45. The van der Waals surface area contributed by atoms with E-state index in [1.54, 1.807) is 24.3 Å². The van der Waals surface area contributed by atoms with Gasteiger partial charge in [-0.3, -0.25) is 0 Å². The zero-order valence-corrected chi connectivity index (χ0v) is 10.7. The summed E-state index contributed by atoms with van der Waals surface area (Å²) in [6.07, 6.45) is 5.87. The molecule has 1 aromatic rings. The molecular formula is C13H19NO2S. The van der Waals surface area contributed by atoms with E-state index < -0.39 is 9.84 Å². The Morgan fingerprint density at radius 1 is 1.00 bits per heavy atom. The first kappa shape index (κ1) is 12.4. The maximum absolute atomic E-state index is 12.5. The molecule has 1 fully saturated rings.